The summed E-state index contributed by atoms with van der Waals surface area (Å²) in [6.45, 7) is 2.00. The van der Waals surface area contributed by atoms with Gasteiger partial charge in [-0.15, -0.1) is 0 Å². The zero-order valence-electron chi connectivity index (χ0n) is 9.63. The van der Waals surface area contributed by atoms with Gasteiger partial charge < -0.3 is 5.32 Å². The quantitative estimate of drug-likeness (QED) is 0.868. The largest absolute Gasteiger partial charge is 0.381 e. The van der Waals surface area contributed by atoms with Crippen molar-refractivity contribution in [2.24, 2.45) is 0 Å². The number of nitriles is 1. The molecule has 4 heteroatoms. The first-order valence-corrected chi connectivity index (χ1v) is 6.50. The number of halogens is 2. The molecule has 1 aromatic rings. The molecule has 1 aromatic carbocycles. The molecule has 17 heavy (non-hydrogen) atoms. The predicted molar refractivity (Wildman–Crippen MR) is 71.8 cm³/mol. The molecule has 1 aliphatic carbocycles. The lowest BCUT2D eigenvalue weighted by Crippen LogP contribution is -2.03. The van der Waals surface area contributed by atoms with Gasteiger partial charge in [0.1, 0.15) is 0 Å². The highest BCUT2D eigenvalue weighted by Crippen LogP contribution is 2.36. The van der Waals surface area contributed by atoms with Gasteiger partial charge in [0.25, 0.3) is 0 Å². The van der Waals surface area contributed by atoms with Crippen LogP contribution in [-0.2, 0) is 0 Å². The maximum absolute atomic E-state index is 8.73. The van der Waals surface area contributed by atoms with E-state index < -0.39 is 0 Å². The third-order valence-electron chi connectivity index (χ3n) is 2.95. The summed E-state index contributed by atoms with van der Waals surface area (Å²) in [4.78, 5) is 0. The van der Waals surface area contributed by atoms with Crippen LogP contribution in [0.25, 0.3) is 0 Å². The van der Waals surface area contributed by atoms with Gasteiger partial charge in [-0.25, -0.2) is 0 Å². The Morgan fingerprint density at radius 2 is 2.12 bits per heavy atom. The number of nitrogens with one attached hydrogen (secondary N) is 1. The van der Waals surface area contributed by atoms with Crippen LogP contribution in [0.2, 0.25) is 10.0 Å². The molecule has 1 fully saturated rings. The van der Waals surface area contributed by atoms with Crippen molar-refractivity contribution in [2.45, 2.75) is 38.1 Å². The fourth-order valence-electron chi connectivity index (χ4n) is 1.75. The van der Waals surface area contributed by atoms with E-state index >= 15 is 0 Å². The Kier molecular flexibility index (Phi) is 3.81. The Labute approximate surface area is 112 Å². The third-order valence-corrected chi connectivity index (χ3v) is 3.59. The second kappa shape index (κ2) is 5.16. The summed E-state index contributed by atoms with van der Waals surface area (Å²) in [5, 5.41) is 13.4. The molecule has 90 valence electrons. The van der Waals surface area contributed by atoms with E-state index in [0.717, 1.165) is 11.3 Å². The molecular weight excluding hydrogens is 255 g/mol. The van der Waals surface area contributed by atoms with Crippen LogP contribution >= 0.6 is 23.2 Å². The smallest absolute Gasteiger partial charge is 0.0652 e. The number of hydrogen-bond donors (Lipinski definition) is 1. The van der Waals surface area contributed by atoms with Crippen molar-refractivity contribution < 1.29 is 0 Å². The van der Waals surface area contributed by atoms with E-state index in [0.29, 0.717) is 22.5 Å². The summed E-state index contributed by atoms with van der Waals surface area (Å²) in [5.41, 5.74) is 1.92. The fraction of sp³-hybridized carbons (Fsp3) is 0.462. The lowest BCUT2D eigenvalue weighted by Gasteiger charge is -2.15. The van der Waals surface area contributed by atoms with E-state index in [4.69, 9.17) is 28.5 Å². The topological polar surface area (TPSA) is 35.8 Å². The van der Waals surface area contributed by atoms with E-state index in [9.17, 15) is 0 Å². The summed E-state index contributed by atoms with van der Waals surface area (Å²) in [5.74, 6) is 0.129. The highest BCUT2D eigenvalue weighted by molar-refractivity contribution is 6.36. The zero-order chi connectivity index (χ0) is 12.4. The second-order valence-corrected chi connectivity index (χ2v) is 5.35. The van der Waals surface area contributed by atoms with Crippen molar-refractivity contribution in [3.8, 4) is 6.07 Å². The maximum Gasteiger partial charge on any atom is 0.0652 e. The minimum Gasteiger partial charge on any atom is -0.381 e. The Morgan fingerprint density at radius 3 is 2.71 bits per heavy atom. The minimum absolute atomic E-state index is 0.129. The van der Waals surface area contributed by atoms with Crippen LogP contribution in [-0.4, -0.2) is 6.04 Å². The van der Waals surface area contributed by atoms with Crippen molar-refractivity contribution in [1.82, 2.24) is 0 Å². The summed E-state index contributed by atoms with van der Waals surface area (Å²) in [7, 11) is 0. The Bertz CT molecular complexity index is 461. The van der Waals surface area contributed by atoms with Gasteiger partial charge in [-0.2, -0.15) is 5.26 Å². The zero-order valence-corrected chi connectivity index (χ0v) is 11.1. The van der Waals surface area contributed by atoms with Crippen LogP contribution in [0.5, 0.6) is 0 Å². The molecule has 1 atom stereocenters. The molecule has 0 heterocycles. The minimum atomic E-state index is 0.129. The van der Waals surface area contributed by atoms with Crippen LogP contribution in [0.4, 0.5) is 5.69 Å². The maximum atomic E-state index is 8.73. The SMILES string of the molecule is CC(CC#N)c1cc(NC2CC2)c(Cl)cc1Cl. The van der Waals surface area contributed by atoms with Crippen molar-refractivity contribution in [1.29, 1.82) is 5.26 Å². The number of rotatable bonds is 4. The molecule has 0 bridgehead atoms. The predicted octanol–water partition coefficient (Wildman–Crippen LogP) is 4.58. The van der Waals surface area contributed by atoms with Gasteiger partial charge in [-0.3, -0.25) is 0 Å². The lowest BCUT2D eigenvalue weighted by atomic mass is 9.98. The van der Waals surface area contributed by atoms with Gasteiger partial charge in [-0.05, 0) is 36.5 Å². The van der Waals surface area contributed by atoms with E-state index in [2.05, 4.69) is 11.4 Å². The first-order valence-electron chi connectivity index (χ1n) is 5.74. The van der Waals surface area contributed by atoms with Gasteiger partial charge in [0.15, 0.2) is 0 Å². The molecule has 0 amide bonds. The van der Waals surface area contributed by atoms with Crippen molar-refractivity contribution in [3.63, 3.8) is 0 Å². The average Bonchev–Trinajstić information content (AvgIpc) is 3.06. The Hall–Kier alpha value is -0.910. The van der Waals surface area contributed by atoms with Gasteiger partial charge in [-0.1, -0.05) is 30.1 Å². The molecule has 1 N–H and O–H groups in total. The standard InChI is InChI=1S/C13H14Cl2N2/c1-8(4-5-16)10-6-13(17-9-2-3-9)12(15)7-11(10)14/h6-9,17H,2-4H2,1H3. The fourth-order valence-corrected chi connectivity index (χ4v) is 2.37. The number of nitrogens with zero attached hydrogens (tertiary/aromatic N) is 1. The Balaban J connectivity index is 2.27. The van der Waals surface area contributed by atoms with Crippen LogP contribution in [0.15, 0.2) is 12.1 Å². The van der Waals surface area contributed by atoms with Crippen LogP contribution in [0.1, 0.15) is 37.7 Å². The molecule has 0 saturated heterocycles. The molecular formula is C13H14Cl2N2. The molecule has 0 aliphatic heterocycles. The number of hydrogen-bond acceptors (Lipinski definition) is 2. The molecule has 0 spiro atoms. The summed E-state index contributed by atoms with van der Waals surface area (Å²) in [6, 6.07) is 6.46. The molecule has 2 nitrogen and oxygen atoms in total. The van der Waals surface area contributed by atoms with Crippen LogP contribution in [0.3, 0.4) is 0 Å². The average molecular weight is 269 g/mol. The molecule has 1 aliphatic rings. The van der Waals surface area contributed by atoms with Gasteiger partial charge >= 0.3 is 0 Å². The first-order chi connectivity index (χ1) is 8.11. The van der Waals surface area contributed by atoms with E-state index in [1.54, 1.807) is 6.07 Å². The van der Waals surface area contributed by atoms with Crippen LogP contribution in [0, 0.1) is 11.3 Å². The monoisotopic (exact) mass is 268 g/mol. The van der Waals surface area contributed by atoms with Crippen LogP contribution < -0.4 is 5.32 Å². The lowest BCUT2D eigenvalue weighted by molar-refractivity contribution is 0.789. The van der Waals surface area contributed by atoms with Gasteiger partial charge in [0.05, 0.1) is 16.8 Å². The number of benzene rings is 1. The second-order valence-electron chi connectivity index (χ2n) is 4.54. The highest BCUT2D eigenvalue weighted by atomic mass is 35.5. The molecule has 0 aromatic heterocycles. The summed E-state index contributed by atoms with van der Waals surface area (Å²) < 4.78 is 0. The summed E-state index contributed by atoms with van der Waals surface area (Å²) >= 11 is 12.3. The molecule has 0 radical (unpaired) electrons. The first kappa shape index (κ1) is 12.5. The number of anilines is 1. The van der Waals surface area contributed by atoms with Gasteiger partial charge in [0, 0.05) is 17.5 Å². The van der Waals surface area contributed by atoms with Crippen molar-refractivity contribution in [2.75, 3.05) is 5.32 Å². The van der Waals surface area contributed by atoms with Crippen molar-refractivity contribution >= 4 is 28.9 Å². The molecule has 1 saturated carbocycles. The highest BCUT2D eigenvalue weighted by Gasteiger charge is 2.22. The van der Waals surface area contributed by atoms with Crippen molar-refractivity contribution in [3.05, 3.63) is 27.7 Å². The van der Waals surface area contributed by atoms with Gasteiger partial charge in [0.2, 0.25) is 0 Å². The normalized spacial score (nSPS) is 16.4. The molecule has 1 unspecified atom stereocenters. The van der Waals surface area contributed by atoms with E-state index in [-0.39, 0.29) is 5.92 Å². The molecule has 2 rings (SSSR count). The van der Waals surface area contributed by atoms with E-state index in [1.807, 2.05) is 13.0 Å². The third kappa shape index (κ3) is 3.06. The Morgan fingerprint density at radius 1 is 1.41 bits per heavy atom. The summed E-state index contributed by atoms with van der Waals surface area (Å²) in [6.07, 6.45) is 2.86. The van der Waals surface area contributed by atoms with E-state index in [1.165, 1.54) is 12.8 Å².